The zero-order valence-corrected chi connectivity index (χ0v) is 19.2. The van der Waals surface area contributed by atoms with Gasteiger partial charge in [0.2, 0.25) is 0 Å². The zero-order valence-electron chi connectivity index (χ0n) is 18.4. The largest absolute Gasteiger partial charge is 0.493 e. The van der Waals surface area contributed by atoms with Crippen molar-refractivity contribution in [2.45, 2.75) is 48.6 Å². The Hall–Kier alpha value is -2.49. The van der Waals surface area contributed by atoms with Gasteiger partial charge in [-0.3, -0.25) is 9.69 Å². The number of benzene rings is 2. The van der Waals surface area contributed by atoms with Gasteiger partial charge in [-0.05, 0) is 54.6 Å². The van der Waals surface area contributed by atoms with Crippen molar-refractivity contribution in [2.75, 3.05) is 19.7 Å². The Morgan fingerprint density at radius 2 is 1.88 bits per heavy atom. The minimum atomic E-state index is -4.75. The van der Waals surface area contributed by atoms with E-state index in [-0.39, 0.29) is 17.5 Å². The Morgan fingerprint density at radius 3 is 2.58 bits per heavy atom. The first kappa shape index (κ1) is 22.3. The number of para-hydroxylation sites is 1. The van der Waals surface area contributed by atoms with Crippen LogP contribution in [-0.4, -0.2) is 54.2 Å². The molecule has 4 atom stereocenters. The molecule has 5 rings (SSSR count). The zero-order chi connectivity index (χ0) is 23.4. The first-order chi connectivity index (χ1) is 15.8. The van der Waals surface area contributed by atoms with E-state index < -0.39 is 37.9 Å². The summed E-state index contributed by atoms with van der Waals surface area (Å²) in [4.78, 5) is 14.5. The molecule has 2 heterocycles. The van der Waals surface area contributed by atoms with E-state index >= 15 is 4.48 Å². The number of fused-ring (bicyclic) bond motifs is 3. The highest BCUT2D eigenvalue weighted by molar-refractivity contribution is 7.89. The number of ether oxygens (including phenoxy) is 1. The summed E-state index contributed by atoms with van der Waals surface area (Å²) in [5, 5.41) is 10.1. The Kier molecular flexibility index (Phi) is 5.46. The summed E-state index contributed by atoms with van der Waals surface area (Å²) < 4.78 is 48.6. The molecule has 0 bridgehead atoms. The van der Waals surface area contributed by atoms with Gasteiger partial charge >= 0.3 is 5.97 Å². The Labute approximate surface area is 192 Å². The highest BCUT2D eigenvalue weighted by Crippen LogP contribution is 2.66. The lowest BCUT2D eigenvalue weighted by Gasteiger charge is -2.29. The molecule has 2 aromatic rings. The highest BCUT2D eigenvalue weighted by Gasteiger charge is 2.79. The standard InChI is InChI=1S/C24H27FN2O5S/c1-2-19(26-13-7-8-14-26)16-9-4-6-12-21(16)33(30,31)27(25)24(23(28)29)18-15-32-20-11-5-3-10-17(20)22(18)24/h3-6,9-12,18-19,22H,2,7-8,13-15H2,1H3,(H,28,29)/t18?,19-,22?,24?/m1/s1. The molecule has 2 aromatic carbocycles. The van der Waals surface area contributed by atoms with Gasteiger partial charge in [0.15, 0.2) is 5.54 Å². The van der Waals surface area contributed by atoms with Crippen LogP contribution in [0.4, 0.5) is 4.48 Å². The van der Waals surface area contributed by atoms with E-state index in [2.05, 4.69) is 4.90 Å². The van der Waals surface area contributed by atoms with Crippen molar-refractivity contribution in [2.24, 2.45) is 5.92 Å². The van der Waals surface area contributed by atoms with Gasteiger partial charge in [0.25, 0.3) is 10.0 Å². The predicted molar refractivity (Wildman–Crippen MR) is 119 cm³/mol. The van der Waals surface area contributed by atoms with Crippen molar-refractivity contribution < 1.29 is 27.5 Å². The SMILES string of the molecule is CC[C@H](c1ccccc1S(=O)(=O)N(F)C1(C(=O)O)C2COc3ccccc3C21)N1CCCC1. The molecule has 7 nitrogen and oxygen atoms in total. The summed E-state index contributed by atoms with van der Waals surface area (Å²) in [5.74, 6) is -2.66. The molecule has 2 fully saturated rings. The van der Waals surface area contributed by atoms with Crippen LogP contribution in [0.2, 0.25) is 0 Å². The van der Waals surface area contributed by atoms with Gasteiger partial charge in [0.1, 0.15) is 5.75 Å². The van der Waals surface area contributed by atoms with Crippen molar-refractivity contribution in [1.82, 2.24) is 9.43 Å². The Balaban J connectivity index is 1.57. The molecule has 1 aliphatic carbocycles. The molecule has 1 N–H and O–H groups in total. The third-order valence-corrected chi connectivity index (χ3v) is 9.03. The predicted octanol–water partition coefficient (Wildman–Crippen LogP) is 3.74. The number of aliphatic carboxylic acids is 1. The molecule has 0 radical (unpaired) electrons. The number of carbonyl (C=O) groups is 1. The van der Waals surface area contributed by atoms with Crippen LogP contribution in [0.25, 0.3) is 0 Å². The monoisotopic (exact) mass is 474 g/mol. The number of hydrogen-bond donors (Lipinski definition) is 1. The Bertz CT molecular complexity index is 1180. The molecular weight excluding hydrogens is 447 g/mol. The summed E-state index contributed by atoms with van der Waals surface area (Å²) in [6.07, 6.45) is 2.73. The van der Waals surface area contributed by atoms with Gasteiger partial charge in [-0.25, -0.2) is 8.42 Å². The molecule has 2 aliphatic heterocycles. The van der Waals surface area contributed by atoms with E-state index in [0.29, 0.717) is 23.3 Å². The molecule has 0 aromatic heterocycles. The first-order valence-corrected chi connectivity index (χ1v) is 12.8. The van der Waals surface area contributed by atoms with E-state index in [4.69, 9.17) is 4.74 Å². The molecule has 9 heteroatoms. The highest BCUT2D eigenvalue weighted by atomic mass is 32.2. The molecule has 3 unspecified atom stereocenters. The van der Waals surface area contributed by atoms with Crippen molar-refractivity contribution in [3.05, 3.63) is 59.7 Å². The van der Waals surface area contributed by atoms with E-state index in [9.17, 15) is 18.3 Å². The van der Waals surface area contributed by atoms with Crippen LogP contribution in [0, 0.1) is 5.92 Å². The quantitative estimate of drug-likeness (QED) is 0.616. The molecule has 3 aliphatic rings. The van der Waals surface area contributed by atoms with Crippen molar-refractivity contribution in [3.63, 3.8) is 0 Å². The fourth-order valence-corrected chi connectivity index (χ4v) is 7.43. The minimum Gasteiger partial charge on any atom is -0.493 e. The third kappa shape index (κ3) is 3.20. The van der Waals surface area contributed by atoms with Gasteiger partial charge in [-0.1, -0.05) is 43.3 Å². The number of sulfonamides is 1. The van der Waals surface area contributed by atoms with E-state index in [1.54, 1.807) is 42.5 Å². The molecular formula is C24H27FN2O5S. The molecule has 33 heavy (non-hydrogen) atoms. The fourth-order valence-electron chi connectivity index (χ4n) is 5.78. The normalized spacial score (nSPS) is 27.5. The lowest BCUT2D eigenvalue weighted by molar-refractivity contribution is -0.149. The summed E-state index contributed by atoms with van der Waals surface area (Å²) in [5.41, 5.74) is -1.20. The third-order valence-electron chi connectivity index (χ3n) is 7.37. The second-order valence-corrected chi connectivity index (χ2v) is 10.7. The maximum Gasteiger partial charge on any atom is 0.329 e. The molecule has 0 spiro atoms. The smallest absolute Gasteiger partial charge is 0.329 e. The van der Waals surface area contributed by atoms with Crippen LogP contribution in [-0.2, 0) is 14.8 Å². The number of nitrogens with zero attached hydrogens (tertiary/aromatic N) is 2. The van der Waals surface area contributed by atoms with Crippen LogP contribution in [0.1, 0.15) is 49.3 Å². The fraction of sp³-hybridized carbons (Fsp3) is 0.458. The molecule has 0 amide bonds. The van der Waals surface area contributed by atoms with E-state index in [1.165, 1.54) is 6.07 Å². The van der Waals surface area contributed by atoms with Gasteiger partial charge < -0.3 is 9.84 Å². The first-order valence-electron chi connectivity index (χ1n) is 11.3. The molecule has 1 saturated heterocycles. The van der Waals surface area contributed by atoms with Crippen molar-refractivity contribution in [3.8, 4) is 5.75 Å². The summed E-state index contributed by atoms with van der Waals surface area (Å²) in [7, 11) is -4.75. The maximum absolute atomic E-state index is 16.1. The summed E-state index contributed by atoms with van der Waals surface area (Å²) in [6.45, 7) is 3.62. The Morgan fingerprint density at radius 1 is 1.21 bits per heavy atom. The summed E-state index contributed by atoms with van der Waals surface area (Å²) in [6, 6.07) is 13.0. The number of hydrogen-bond acceptors (Lipinski definition) is 5. The van der Waals surface area contributed by atoms with Crippen LogP contribution < -0.4 is 4.74 Å². The maximum atomic E-state index is 16.1. The minimum absolute atomic E-state index is 0.0586. The second kappa shape index (κ2) is 8.07. The van der Waals surface area contributed by atoms with Crippen LogP contribution in [0.5, 0.6) is 5.75 Å². The number of carboxylic acids is 1. The molecule has 176 valence electrons. The van der Waals surface area contributed by atoms with Crippen LogP contribution in [0.3, 0.4) is 0 Å². The van der Waals surface area contributed by atoms with Crippen LogP contribution in [0.15, 0.2) is 53.4 Å². The number of carboxylic acid groups (broad SMARTS) is 1. The average Bonchev–Trinajstić information content (AvgIpc) is 3.23. The molecule has 1 saturated carbocycles. The van der Waals surface area contributed by atoms with Gasteiger partial charge in [0, 0.05) is 23.4 Å². The number of halogens is 1. The van der Waals surface area contributed by atoms with Gasteiger partial charge in [-0.15, -0.1) is 4.48 Å². The number of rotatable bonds is 7. The lowest BCUT2D eigenvalue weighted by Crippen LogP contribution is -2.45. The van der Waals surface area contributed by atoms with Gasteiger partial charge in [-0.2, -0.15) is 0 Å². The summed E-state index contributed by atoms with van der Waals surface area (Å²) >= 11 is 0. The lowest BCUT2D eigenvalue weighted by atomic mass is 10.0. The van der Waals surface area contributed by atoms with Crippen molar-refractivity contribution in [1.29, 1.82) is 0 Å². The topological polar surface area (TPSA) is 87.2 Å². The number of likely N-dealkylation sites (tertiary alicyclic amines) is 1. The second-order valence-electron chi connectivity index (χ2n) is 8.99. The van der Waals surface area contributed by atoms with Gasteiger partial charge in [0.05, 0.1) is 11.5 Å². The van der Waals surface area contributed by atoms with Crippen LogP contribution >= 0.6 is 0 Å². The van der Waals surface area contributed by atoms with E-state index in [0.717, 1.165) is 25.9 Å². The average molecular weight is 475 g/mol. The van der Waals surface area contributed by atoms with E-state index in [1.807, 2.05) is 6.92 Å². The van der Waals surface area contributed by atoms with Crippen molar-refractivity contribution >= 4 is 16.0 Å².